The highest BCUT2D eigenvalue weighted by molar-refractivity contribution is 4.76. The van der Waals surface area contributed by atoms with Gasteiger partial charge < -0.3 is 5.32 Å². The van der Waals surface area contributed by atoms with Gasteiger partial charge >= 0.3 is 0 Å². The predicted molar refractivity (Wildman–Crippen MR) is 58.0 cm³/mol. The lowest BCUT2D eigenvalue weighted by atomic mass is 10.1. The first-order valence-electron chi connectivity index (χ1n) is 5.75. The molecule has 0 bridgehead atoms. The molecule has 0 aromatic carbocycles. The lowest BCUT2D eigenvalue weighted by molar-refractivity contribution is 0.197. The van der Waals surface area contributed by atoms with Crippen LogP contribution in [0, 0.1) is 0 Å². The molecule has 1 N–H and O–H groups in total. The van der Waals surface area contributed by atoms with Gasteiger partial charge in [-0.05, 0) is 32.7 Å². The first kappa shape index (κ1) is 11.0. The number of rotatable bonds is 3. The molecule has 1 aliphatic rings. The van der Waals surface area contributed by atoms with E-state index in [0.717, 1.165) is 12.6 Å². The topological polar surface area (TPSA) is 15.3 Å². The molecule has 78 valence electrons. The summed E-state index contributed by atoms with van der Waals surface area (Å²) in [4.78, 5) is 2.65. The van der Waals surface area contributed by atoms with E-state index in [-0.39, 0.29) is 0 Å². The van der Waals surface area contributed by atoms with E-state index in [2.05, 4.69) is 31.0 Å². The molecule has 0 spiro atoms. The van der Waals surface area contributed by atoms with Crippen molar-refractivity contribution < 1.29 is 0 Å². The zero-order valence-electron chi connectivity index (χ0n) is 9.34. The molecule has 0 aromatic heterocycles. The lowest BCUT2D eigenvalue weighted by Crippen LogP contribution is -2.37. The highest BCUT2D eigenvalue weighted by Gasteiger charge is 2.18. The van der Waals surface area contributed by atoms with Gasteiger partial charge in [-0.15, -0.1) is 0 Å². The van der Waals surface area contributed by atoms with Gasteiger partial charge in [0, 0.05) is 25.2 Å². The Morgan fingerprint density at radius 1 is 1.31 bits per heavy atom. The van der Waals surface area contributed by atoms with Gasteiger partial charge in [0.2, 0.25) is 0 Å². The molecule has 0 aromatic rings. The second-order valence-corrected chi connectivity index (χ2v) is 4.15. The van der Waals surface area contributed by atoms with Crippen LogP contribution in [0.15, 0.2) is 0 Å². The van der Waals surface area contributed by atoms with Gasteiger partial charge in [0.05, 0.1) is 0 Å². The first-order chi connectivity index (χ1) is 6.27. The van der Waals surface area contributed by atoms with Crippen molar-refractivity contribution in [1.82, 2.24) is 10.2 Å². The summed E-state index contributed by atoms with van der Waals surface area (Å²) in [6.07, 6.45) is 3.90. The second-order valence-electron chi connectivity index (χ2n) is 4.15. The van der Waals surface area contributed by atoms with E-state index in [1.165, 1.54) is 32.4 Å². The van der Waals surface area contributed by atoms with E-state index < -0.39 is 0 Å². The second kappa shape index (κ2) is 5.61. The maximum Gasteiger partial charge on any atom is 0.0110 e. The van der Waals surface area contributed by atoms with E-state index in [0.29, 0.717) is 6.04 Å². The average molecular weight is 184 g/mol. The quantitative estimate of drug-likeness (QED) is 0.720. The number of hydrogen-bond acceptors (Lipinski definition) is 2. The molecule has 0 radical (unpaired) electrons. The van der Waals surface area contributed by atoms with E-state index in [1.54, 1.807) is 0 Å². The molecular weight excluding hydrogens is 160 g/mol. The van der Waals surface area contributed by atoms with Gasteiger partial charge in [-0.1, -0.05) is 13.8 Å². The molecule has 13 heavy (non-hydrogen) atoms. The van der Waals surface area contributed by atoms with Crippen molar-refractivity contribution in [2.24, 2.45) is 0 Å². The van der Waals surface area contributed by atoms with Crippen molar-refractivity contribution in [2.75, 3.05) is 19.6 Å². The maximum atomic E-state index is 3.54. The molecule has 1 aliphatic heterocycles. The molecule has 0 saturated carbocycles. The third-order valence-corrected chi connectivity index (χ3v) is 3.20. The van der Waals surface area contributed by atoms with Gasteiger partial charge in [0.1, 0.15) is 0 Å². The summed E-state index contributed by atoms with van der Waals surface area (Å²) in [6, 6.07) is 1.52. The van der Waals surface area contributed by atoms with Crippen LogP contribution >= 0.6 is 0 Å². The van der Waals surface area contributed by atoms with Gasteiger partial charge in [-0.3, -0.25) is 4.90 Å². The van der Waals surface area contributed by atoms with Crippen LogP contribution in [-0.2, 0) is 0 Å². The summed E-state index contributed by atoms with van der Waals surface area (Å²) in [5.74, 6) is 0. The highest BCUT2D eigenvalue weighted by Crippen LogP contribution is 2.11. The molecule has 1 atom stereocenters. The summed E-state index contributed by atoms with van der Waals surface area (Å²) >= 11 is 0. The molecule has 1 saturated heterocycles. The Balaban J connectivity index is 2.40. The minimum Gasteiger partial charge on any atom is -0.313 e. The fraction of sp³-hybridized carbons (Fsp3) is 1.00. The number of nitrogens with zero attached hydrogens (tertiary/aromatic N) is 1. The standard InChI is InChI=1S/C11H24N2/c1-4-11(5-2)13-8-6-10(3)12-7-9-13/h10-12H,4-9H2,1-3H3. The largest absolute Gasteiger partial charge is 0.313 e. The zero-order chi connectivity index (χ0) is 9.68. The molecule has 1 heterocycles. The van der Waals surface area contributed by atoms with Crippen molar-refractivity contribution in [2.45, 2.75) is 52.1 Å². The SMILES string of the molecule is CCC(CC)N1CCNC(C)CC1. The van der Waals surface area contributed by atoms with Crippen LogP contribution in [0.4, 0.5) is 0 Å². The van der Waals surface area contributed by atoms with Crippen LogP contribution in [0.1, 0.15) is 40.0 Å². The Kier molecular flexibility index (Phi) is 4.74. The highest BCUT2D eigenvalue weighted by atomic mass is 15.2. The lowest BCUT2D eigenvalue weighted by Gasteiger charge is -2.28. The summed E-state index contributed by atoms with van der Waals surface area (Å²) in [5, 5.41) is 3.54. The predicted octanol–water partition coefficient (Wildman–Crippen LogP) is 1.86. The van der Waals surface area contributed by atoms with E-state index >= 15 is 0 Å². The van der Waals surface area contributed by atoms with Gasteiger partial charge in [-0.25, -0.2) is 0 Å². The Morgan fingerprint density at radius 3 is 2.62 bits per heavy atom. The molecule has 1 unspecified atom stereocenters. The molecular formula is C11H24N2. The maximum absolute atomic E-state index is 3.54. The van der Waals surface area contributed by atoms with Crippen LogP contribution in [0.3, 0.4) is 0 Å². The normalized spacial score (nSPS) is 26.3. The first-order valence-corrected chi connectivity index (χ1v) is 5.75. The van der Waals surface area contributed by atoms with E-state index in [4.69, 9.17) is 0 Å². The fourth-order valence-electron chi connectivity index (χ4n) is 2.20. The summed E-state index contributed by atoms with van der Waals surface area (Å²) < 4.78 is 0. The minimum atomic E-state index is 0.708. The third kappa shape index (κ3) is 3.28. The monoisotopic (exact) mass is 184 g/mol. The van der Waals surface area contributed by atoms with Crippen molar-refractivity contribution in [3.63, 3.8) is 0 Å². The fourth-order valence-corrected chi connectivity index (χ4v) is 2.20. The van der Waals surface area contributed by atoms with E-state index in [1.807, 2.05) is 0 Å². The summed E-state index contributed by atoms with van der Waals surface area (Å²) in [6.45, 7) is 10.6. The van der Waals surface area contributed by atoms with Gasteiger partial charge in [0.15, 0.2) is 0 Å². The van der Waals surface area contributed by atoms with Crippen LogP contribution in [-0.4, -0.2) is 36.6 Å². The van der Waals surface area contributed by atoms with Crippen molar-refractivity contribution in [3.8, 4) is 0 Å². The van der Waals surface area contributed by atoms with Crippen molar-refractivity contribution in [3.05, 3.63) is 0 Å². The van der Waals surface area contributed by atoms with Crippen LogP contribution in [0.25, 0.3) is 0 Å². The number of hydrogen-bond donors (Lipinski definition) is 1. The Hall–Kier alpha value is -0.0800. The molecule has 1 rings (SSSR count). The Morgan fingerprint density at radius 2 is 2.00 bits per heavy atom. The summed E-state index contributed by atoms with van der Waals surface area (Å²) in [5.41, 5.74) is 0. The smallest absolute Gasteiger partial charge is 0.0110 e. The summed E-state index contributed by atoms with van der Waals surface area (Å²) in [7, 11) is 0. The molecule has 0 amide bonds. The van der Waals surface area contributed by atoms with E-state index in [9.17, 15) is 0 Å². The van der Waals surface area contributed by atoms with Crippen molar-refractivity contribution >= 4 is 0 Å². The van der Waals surface area contributed by atoms with Gasteiger partial charge in [0.25, 0.3) is 0 Å². The zero-order valence-corrected chi connectivity index (χ0v) is 9.34. The Bertz CT molecular complexity index is 132. The van der Waals surface area contributed by atoms with Crippen LogP contribution in [0.5, 0.6) is 0 Å². The van der Waals surface area contributed by atoms with Gasteiger partial charge in [-0.2, -0.15) is 0 Å². The average Bonchev–Trinajstić information content (AvgIpc) is 2.34. The van der Waals surface area contributed by atoms with Crippen LogP contribution < -0.4 is 5.32 Å². The molecule has 2 nitrogen and oxygen atoms in total. The van der Waals surface area contributed by atoms with Crippen LogP contribution in [0.2, 0.25) is 0 Å². The third-order valence-electron chi connectivity index (χ3n) is 3.20. The number of nitrogens with one attached hydrogen (secondary N) is 1. The molecule has 0 aliphatic carbocycles. The Labute approximate surface area is 82.7 Å². The minimum absolute atomic E-state index is 0.708. The van der Waals surface area contributed by atoms with Crippen molar-refractivity contribution in [1.29, 1.82) is 0 Å². The molecule has 1 fully saturated rings. The molecule has 2 heteroatoms.